The van der Waals surface area contributed by atoms with Crippen molar-refractivity contribution in [1.29, 1.82) is 0 Å². The molecule has 1 unspecified atom stereocenters. The fourth-order valence-electron chi connectivity index (χ4n) is 3.04. The SMILES string of the molecule is Cc1cc(/C(N)=N/O)cc(N2CCCC(C(C)C)CC2)n1. The number of nitrogens with two attached hydrogens (primary N) is 1. The standard InChI is InChI=1S/C16H26N4O/c1-11(2)13-5-4-7-20(8-6-13)15-10-14(16(17)19-21)9-12(3)18-15/h9-11,13,21H,4-8H2,1-3H3,(H2,17,19). The highest BCUT2D eigenvalue weighted by molar-refractivity contribution is 5.97. The van der Waals surface area contributed by atoms with Gasteiger partial charge in [-0.25, -0.2) is 4.98 Å². The summed E-state index contributed by atoms with van der Waals surface area (Å²) in [6.45, 7) is 8.60. The van der Waals surface area contributed by atoms with Gasteiger partial charge in [0.15, 0.2) is 5.84 Å². The fourth-order valence-corrected chi connectivity index (χ4v) is 3.04. The van der Waals surface area contributed by atoms with Crippen LogP contribution < -0.4 is 10.6 Å². The Morgan fingerprint density at radius 2 is 2.14 bits per heavy atom. The molecule has 3 N–H and O–H groups in total. The lowest BCUT2D eigenvalue weighted by Gasteiger charge is -2.23. The molecule has 1 atom stereocenters. The summed E-state index contributed by atoms with van der Waals surface area (Å²) in [6.07, 6.45) is 3.68. The zero-order chi connectivity index (χ0) is 15.4. The second-order valence-electron chi connectivity index (χ2n) is 6.26. The van der Waals surface area contributed by atoms with Gasteiger partial charge in [0.25, 0.3) is 0 Å². The Morgan fingerprint density at radius 1 is 1.38 bits per heavy atom. The van der Waals surface area contributed by atoms with Gasteiger partial charge >= 0.3 is 0 Å². The highest BCUT2D eigenvalue weighted by Crippen LogP contribution is 2.27. The number of rotatable bonds is 3. The van der Waals surface area contributed by atoms with Crippen LogP contribution in [-0.2, 0) is 0 Å². The van der Waals surface area contributed by atoms with Crippen LogP contribution in [0.2, 0.25) is 0 Å². The first kappa shape index (κ1) is 15.6. The topological polar surface area (TPSA) is 74.7 Å². The summed E-state index contributed by atoms with van der Waals surface area (Å²) in [5.41, 5.74) is 7.32. The van der Waals surface area contributed by atoms with Crippen molar-refractivity contribution in [3.63, 3.8) is 0 Å². The number of pyridine rings is 1. The average molecular weight is 290 g/mol. The second-order valence-corrected chi connectivity index (χ2v) is 6.26. The third kappa shape index (κ3) is 3.86. The molecule has 0 amide bonds. The molecule has 0 aromatic carbocycles. The normalized spacial score (nSPS) is 20.7. The molecule has 2 rings (SSSR count). The summed E-state index contributed by atoms with van der Waals surface area (Å²) in [6, 6.07) is 3.76. The zero-order valence-corrected chi connectivity index (χ0v) is 13.2. The smallest absolute Gasteiger partial charge is 0.170 e. The summed E-state index contributed by atoms with van der Waals surface area (Å²) in [5, 5.41) is 11.9. The highest BCUT2D eigenvalue weighted by Gasteiger charge is 2.20. The van der Waals surface area contributed by atoms with E-state index in [4.69, 9.17) is 10.9 Å². The highest BCUT2D eigenvalue weighted by atomic mass is 16.4. The average Bonchev–Trinajstić information content (AvgIpc) is 2.71. The van der Waals surface area contributed by atoms with E-state index in [9.17, 15) is 0 Å². The molecule has 1 aromatic rings. The van der Waals surface area contributed by atoms with Gasteiger partial charge in [0, 0.05) is 24.3 Å². The number of nitrogens with zero attached hydrogens (tertiary/aromatic N) is 3. The number of aryl methyl sites for hydroxylation is 1. The van der Waals surface area contributed by atoms with E-state index in [0.29, 0.717) is 0 Å². The van der Waals surface area contributed by atoms with E-state index in [1.165, 1.54) is 19.3 Å². The molecular weight excluding hydrogens is 264 g/mol. The Labute approximate surface area is 126 Å². The van der Waals surface area contributed by atoms with Gasteiger partial charge in [-0.3, -0.25) is 0 Å². The van der Waals surface area contributed by atoms with E-state index >= 15 is 0 Å². The lowest BCUT2D eigenvalue weighted by Crippen LogP contribution is -2.26. The fraction of sp³-hybridized carbons (Fsp3) is 0.625. The number of aromatic nitrogens is 1. The maximum Gasteiger partial charge on any atom is 0.170 e. The Kier molecular flexibility index (Phi) is 5.04. The van der Waals surface area contributed by atoms with Crippen molar-refractivity contribution in [2.45, 2.75) is 40.0 Å². The molecule has 1 saturated heterocycles. The van der Waals surface area contributed by atoms with E-state index in [1.54, 1.807) is 0 Å². The van der Waals surface area contributed by atoms with Crippen molar-refractivity contribution >= 4 is 11.7 Å². The Balaban J connectivity index is 2.20. The molecule has 0 saturated carbocycles. The maximum atomic E-state index is 8.85. The van der Waals surface area contributed by atoms with E-state index < -0.39 is 0 Å². The van der Waals surface area contributed by atoms with Gasteiger partial charge < -0.3 is 15.8 Å². The molecular formula is C16H26N4O. The third-order valence-corrected chi connectivity index (χ3v) is 4.38. The van der Waals surface area contributed by atoms with Crippen LogP contribution in [-0.4, -0.2) is 29.1 Å². The van der Waals surface area contributed by atoms with E-state index in [0.717, 1.165) is 42.0 Å². The van der Waals surface area contributed by atoms with Crippen molar-refractivity contribution in [3.05, 3.63) is 23.4 Å². The van der Waals surface area contributed by atoms with Gasteiger partial charge in [0.2, 0.25) is 0 Å². The molecule has 1 aliphatic heterocycles. The van der Waals surface area contributed by atoms with Crippen molar-refractivity contribution in [2.24, 2.45) is 22.7 Å². The minimum Gasteiger partial charge on any atom is -0.409 e. The Hall–Kier alpha value is -1.78. The van der Waals surface area contributed by atoms with Crippen LogP contribution in [0.4, 0.5) is 5.82 Å². The Bertz CT molecular complexity index is 513. The summed E-state index contributed by atoms with van der Waals surface area (Å²) < 4.78 is 0. The summed E-state index contributed by atoms with van der Waals surface area (Å²) in [5.74, 6) is 2.60. The second kappa shape index (κ2) is 6.78. The lowest BCUT2D eigenvalue weighted by molar-refractivity contribution is 0.318. The van der Waals surface area contributed by atoms with Gasteiger partial charge in [-0.05, 0) is 50.2 Å². The molecule has 1 aliphatic rings. The van der Waals surface area contributed by atoms with Crippen LogP contribution in [0, 0.1) is 18.8 Å². The Morgan fingerprint density at radius 3 is 2.81 bits per heavy atom. The van der Waals surface area contributed by atoms with Crippen LogP contribution in [0.3, 0.4) is 0 Å². The summed E-state index contributed by atoms with van der Waals surface area (Å²) in [7, 11) is 0. The van der Waals surface area contributed by atoms with Crippen LogP contribution in [0.5, 0.6) is 0 Å². The number of hydrogen-bond acceptors (Lipinski definition) is 4. The number of amidine groups is 1. The van der Waals surface area contributed by atoms with E-state index in [2.05, 4.69) is 28.9 Å². The van der Waals surface area contributed by atoms with Gasteiger partial charge in [0.1, 0.15) is 5.82 Å². The van der Waals surface area contributed by atoms with Crippen LogP contribution >= 0.6 is 0 Å². The van der Waals surface area contributed by atoms with Gasteiger partial charge in [0.05, 0.1) is 0 Å². The predicted molar refractivity (Wildman–Crippen MR) is 85.9 cm³/mol. The van der Waals surface area contributed by atoms with Crippen LogP contribution in [0.1, 0.15) is 44.4 Å². The molecule has 116 valence electrons. The molecule has 5 nitrogen and oxygen atoms in total. The summed E-state index contributed by atoms with van der Waals surface area (Å²) >= 11 is 0. The zero-order valence-electron chi connectivity index (χ0n) is 13.2. The summed E-state index contributed by atoms with van der Waals surface area (Å²) in [4.78, 5) is 6.94. The van der Waals surface area contributed by atoms with Crippen LogP contribution in [0.15, 0.2) is 17.3 Å². The predicted octanol–water partition coefficient (Wildman–Crippen LogP) is 2.75. The minimum absolute atomic E-state index is 0.136. The minimum atomic E-state index is 0.136. The maximum absolute atomic E-state index is 8.85. The van der Waals surface area contributed by atoms with Gasteiger partial charge in [-0.1, -0.05) is 19.0 Å². The largest absolute Gasteiger partial charge is 0.409 e. The van der Waals surface area contributed by atoms with Crippen molar-refractivity contribution in [2.75, 3.05) is 18.0 Å². The first-order valence-electron chi connectivity index (χ1n) is 7.72. The molecule has 0 bridgehead atoms. The van der Waals surface area contributed by atoms with E-state index in [1.807, 2.05) is 19.1 Å². The van der Waals surface area contributed by atoms with Crippen LogP contribution in [0.25, 0.3) is 0 Å². The van der Waals surface area contributed by atoms with Crippen molar-refractivity contribution in [1.82, 2.24) is 4.98 Å². The van der Waals surface area contributed by atoms with Gasteiger partial charge in [-0.15, -0.1) is 0 Å². The molecule has 1 aromatic heterocycles. The molecule has 0 aliphatic carbocycles. The molecule has 0 radical (unpaired) electrons. The van der Waals surface area contributed by atoms with Crippen molar-refractivity contribution < 1.29 is 5.21 Å². The first-order valence-corrected chi connectivity index (χ1v) is 7.72. The monoisotopic (exact) mass is 290 g/mol. The van der Waals surface area contributed by atoms with E-state index in [-0.39, 0.29) is 5.84 Å². The molecule has 21 heavy (non-hydrogen) atoms. The molecule has 1 fully saturated rings. The quantitative estimate of drug-likeness (QED) is 0.388. The molecule has 0 spiro atoms. The first-order chi connectivity index (χ1) is 10.0. The van der Waals surface area contributed by atoms with Gasteiger partial charge in [-0.2, -0.15) is 0 Å². The third-order valence-electron chi connectivity index (χ3n) is 4.38. The molecule has 5 heteroatoms. The number of oxime groups is 1. The lowest BCUT2D eigenvalue weighted by atomic mass is 9.89. The number of hydrogen-bond donors (Lipinski definition) is 2. The number of anilines is 1. The molecule has 2 heterocycles. The van der Waals surface area contributed by atoms with Crippen molar-refractivity contribution in [3.8, 4) is 0 Å².